The topological polar surface area (TPSA) is 368 Å². The molecule has 3 aromatic carbocycles. The van der Waals surface area contributed by atoms with Crippen LogP contribution in [0.15, 0.2) is 131 Å². The molecule has 0 bridgehead atoms. The molecule has 9 N–H and O–H groups in total. The number of carboxylic acid groups (broad SMARTS) is 1. The molecule has 0 unspecified atom stereocenters. The van der Waals surface area contributed by atoms with Gasteiger partial charge in [0.25, 0.3) is 11.8 Å². The first-order valence-corrected chi connectivity index (χ1v) is 29.2. The fourth-order valence-electron chi connectivity index (χ4n) is 8.70. The van der Waals surface area contributed by atoms with E-state index in [0.29, 0.717) is 16.5 Å². The zero-order valence-electron chi connectivity index (χ0n) is 51.5. The fourth-order valence-corrected chi connectivity index (χ4v) is 8.88. The van der Waals surface area contributed by atoms with Crippen LogP contribution in [0.1, 0.15) is 102 Å². The molecule has 27 nitrogen and oxygen atoms in total. The van der Waals surface area contributed by atoms with E-state index in [0.717, 1.165) is 5.56 Å². The number of nitrogens with zero attached hydrogens (tertiary/aromatic N) is 3. The lowest BCUT2D eigenvalue weighted by molar-refractivity contribution is -0.115. The maximum atomic E-state index is 14.2. The van der Waals surface area contributed by atoms with Crippen molar-refractivity contribution in [3.63, 3.8) is 0 Å². The van der Waals surface area contributed by atoms with Gasteiger partial charge in [-0.15, -0.1) is 0 Å². The third-order valence-corrected chi connectivity index (χ3v) is 13.0. The third-order valence-electron chi connectivity index (χ3n) is 12.7. The number of methoxy groups -OCH3 is 1. The van der Waals surface area contributed by atoms with Crippen LogP contribution in [0, 0.1) is 0 Å². The van der Waals surface area contributed by atoms with Crippen molar-refractivity contribution in [2.45, 2.75) is 72.2 Å². The molecule has 0 fully saturated rings. The number of carbonyl (C=O) groups is 7. The number of aromatic nitrogens is 3. The Bertz CT molecular complexity index is 4150. The van der Waals surface area contributed by atoms with E-state index >= 15 is 0 Å². The maximum absolute atomic E-state index is 14.2. The first-order valence-electron chi connectivity index (χ1n) is 28.8. The van der Waals surface area contributed by atoms with Gasteiger partial charge in [-0.25, -0.2) is 34.1 Å². The molecule has 93 heavy (non-hydrogen) atoms. The predicted molar refractivity (Wildman–Crippen MR) is 345 cm³/mol. The van der Waals surface area contributed by atoms with E-state index in [1.54, 1.807) is 47.6 Å². The molecular formula is C65H66N10O17S. The molecule has 3 aromatic heterocycles. The molecule has 5 amide bonds. The first-order chi connectivity index (χ1) is 44.3. The minimum atomic E-state index is -1.32. The molecule has 0 saturated carbocycles. The number of thiocarbonyl (C=S) groups is 1. The monoisotopic (exact) mass is 1290 g/mol. The summed E-state index contributed by atoms with van der Waals surface area (Å²) >= 11 is 5.58. The number of ether oxygens (including phenoxy) is 6. The number of alkyl carbamates (subject to hydrolysis) is 2. The number of esters is 1. The van der Waals surface area contributed by atoms with Crippen LogP contribution in [-0.2, 0) is 25.6 Å². The minimum Gasteiger partial charge on any atom is -0.508 e. The number of anilines is 4. The number of nitrogens with one attached hydrogen (secondary N) is 7. The summed E-state index contributed by atoms with van der Waals surface area (Å²) in [5, 5.41) is 40.1. The van der Waals surface area contributed by atoms with E-state index < -0.39 is 59.6 Å². The number of aromatic carboxylic acids is 1. The first kappa shape index (κ1) is 67.5. The summed E-state index contributed by atoms with van der Waals surface area (Å²) in [7, 11) is 1.18. The van der Waals surface area contributed by atoms with Gasteiger partial charge in [0.1, 0.15) is 63.4 Å². The second-order valence-corrected chi connectivity index (χ2v) is 22.7. The van der Waals surface area contributed by atoms with Crippen LogP contribution in [0.4, 0.5) is 32.3 Å². The number of phenols is 1. The Balaban J connectivity index is 0.975. The molecule has 0 saturated heterocycles. The number of benzene rings is 4. The number of hydrogen-bond donors (Lipinski definition) is 9. The predicted octanol–water partition coefficient (Wildman–Crippen LogP) is 9.54. The molecule has 1 aliphatic heterocycles. The number of pyridine rings is 3. The highest BCUT2D eigenvalue weighted by Gasteiger charge is 2.26. The average molecular weight is 1290 g/mol. The molecule has 6 aromatic rings. The summed E-state index contributed by atoms with van der Waals surface area (Å²) < 4.78 is 39.4. The lowest BCUT2D eigenvalue weighted by Gasteiger charge is -2.19. The Morgan fingerprint density at radius 1 is 0.591 bits per heavy atom. The summed E-state index contributed by atoms with van der Waals surface area (Å²) in [6.45, 7) is 10.1. The Hall–Kier alpha value is -11.4. The van der Waals surface area contributed by atoms with Crippen molar-refractivity contribution in [3.05, 3.63) is 160 Å². The Morgan fingerprint density at radius 3 is 1.71 bits per heavy atom. The zero-order chi connectivity index (χ0) is 67.0. The van der Waals surface area contributed by atoms with E-state index in [1.807, 2.05) is 30.3 Å². The van der Waals surface area contributed by atoms with Crippen LogP contribution in [0.5, 0.6) is 23.4 Å². The zero-order valence-corrected chi connectivity index (χ0v) is 52.3. The van der Waals surface area contributed by atoms with E-state index in [1.165, 1.54) is 92.0 Å². The minimum absolute atomic E-state index is 0.00388. The van der Waals surface area contributed by atoms with E-state index in [-0.39, 0.29) is 142 Å². The molecule has 0 atom stereocenters. The maximum Gasteiger partial charge on any atom is 0.407 e. The van der Waals surface area contributed by atoms with E-state index in [2.05, 4.69) is 52.2 Å². The molecule has 0 radical (unpaired) electrons. The van der Waals surface area contributed by atoms with Gasteiger partial charge in [0.2, 0.25) is 23.5 Å². The van der Waals surface area contributed by atoms with Gasteiger partial charge in [0.15, 0.2) is 16.2 Å². The Kier molecular flexibility index (Phi) is 22.1. The van der Waals surface area contributed by atoms with Crippen molar-refractivity contribution in [2.24, 2.45) is 0 Å². The van der Waals surface area contributed by atoms with Gasteiger partial charge in [-0.2, -0.15) is 0 Å². The number of carbonyl (C=O) groups excluding carboxylic acids is 6. The summed E-state index contributed by atoms with van der Waals surface area (Å²) in [4.78, 5) is 117. The smallest absolute Gasteiger partial charge is 0.407 e. The molecular weight excluding hydrogens is 1220 g/mol. The van der Waals surface area contributed by atoms with Crippen LogP contribution in [0.25, 0.3) is 33.4 Å². The van der Waals surface area contributed by atoms with Gasteiger partial charge in [-0.3, -0.25) is 19.2 Å². The molecule has 1 aliphatic carbocycles. The highest BCUT2D eigenvalue weighted by Crippen LogP contribution is 2.42. The average Bonchev–Trinajstić information content (AvgIpc) is 0.773. The number of carboxylic acids is 1. The van der Waals surface area contributed by atoms with Crippen molar-refractivity contribution >= 4 is 92.9 Å². The fraction of sp³-hybridized carbons (Fsp3) is 0.262. The lowest BCUT2D eigenvalue weighted by atomic mass is 9.90. The second kappa shape index (κ2) is 30.4. The van der Waals surface area contributed by atoms with Crippen molar-refractivity contribution in [3.8, 4) is 45.8 Å². The quantitative estimate of drug-likeness (QED) is 0.00893. The van der Waals surface area contributed by atoms with E-state index in [9.17, 15) is 48.6 Å². The Morgan fingerprint density at radius 2 is 1.14 bits per heavy atom. The molecule has 4 heterocycles. The highest BCUT2D eigenvalue weighted by molar-refractivity contribution is 7.80. The lowest BCUT2D eigenvalue weighted by Crippen LogP contribution is -2.35. The number of hydrogen-bond acceptors (Lipinski definition) is 20. The van der Waals surface area contributed by atoms with Crippen LogP contribution in [0.2, 0.25) is 0 Å². The van der Waals surface area contributed by atoms with Crippen molar-refractivity contribution in [2.75, 3.05) is 61.2 Å². The third kappa shape index (κ3) is 19.3. The van der Waals surface area contributed by atoms with Gasteiger partial charge in [0, 0.05) is 47.4 Å². The van der Waals surface area contributed by atoms with Crippen LogP contribution in [0.3, 0.4) is 0 Å². The number of phenolic OH excluding ortho intramolecular Hbond substituents is 1. The van der Waals surface area contributed by atoms with Gasteiger partial charge in [-0.1, -0.05) is 36.4 Å². The van der Waals surface area contributed by atoms with Gasteiger partial charge in [0.05, 0.1) is 32.4 Å². The van der Waals surface area contributed by atoms with Gasteiger partial charge in [-0.05, 0) is 151 Å². The highest BCUT2D eigenvalue weighted by atomic mass is 32.1. The summed E-state index contributed by atoms with van der Waals surface area (Å²) in [5.41, 5.74) is -0.0811. The summed E-state index contributed by atoms with van der Waals surface area (Å²) in [6.07, 6.45) is -0.775. The number of amides is 5. The van der Waals surface area contributed by atoms with Crippen LogP contribution >= 0.6 is 12.2 Å². The van der Waals surface area contributed by atoms with Gasteiger partial charge < -0.3 is 80.3 Å². The van der Waals surface area contributed by atoms with E-state index in [4.69, 9.17) is 45.1 Å². The van der Waals surface area contributed by atoms with Crippen molar-refractivity contribution in [1.82, 2.24) is 30.9 Å². The van der Waals surface area contributed by atoms with Crippen molar-refractivity contribution in [1.29, 1.82) is 0 Å². The summed E-state index contributed by atoms with van der Waals surface area (Å²) in [6, 6.07) is 30.0. The number of aromatic hydroxyl groups is 1. The standard InChI is InChI=1S/C65H66N10O17S/c1-64(2,3)91-62(84)66-27-11-29-87-56-46(23-21-44(72-56)54(79)71-47-25-26-49(60(83)86-7)74-57(47)88-30-12-28-67-63(85)92-65(4,5)6)70-55(80)45-22-24-48(58(73-45)89-35-36-13-9-8-10-14-36)75-61(93)68-34-52(78)69-37-15-18-40(43(31-37)59(81)82)53-41-19-16-38(76)32-50(41)90-51-33-39(77)17-20-42(51)53/h8-10,13-26,31-33,76H,11-12,27-30,34-35H2,1-7H3,(H,66,84)(H,67,85)(H,69,78)(H,70,80)(H,71,79)(H,81,82)(H2,68,75,93). The molecule has 8 rings (SSSR count). The van der Waals surface area contributed by atoms with Crippen LogP contribution < -0.4 is 56.9 Å². The van der Waals surface area contributed by atoms with Crippen molar-refractivity contribution < 1.29 is 76.6 Å². The molecule has 0 spiro atoms. The normalized spacial score (nSPS) is 11.1. The largest absolute Gasteiger partial charge is 0.508 e. The summed E-state index contributed by atoms with van der Waals surface area (Å²) in [5.74, 6) is -4.67. The Labute approximate surface area is 537 Å². The van der Waals surface area contributed by atoms with Crippen LogP contribution in [-0.4, -0.2) is 123 Å². The number of fused-ring (bicyclic) bond motifs is 2. The molecule has 484 valence electrons. The number of rotatable bonds is 24. The molecule has 2 aliphatic rings. The van der Waals surface area contributed by atoms with Gasteiger partial charge >= 0.3 is 24.1 Å². The molecule has 28 heteroatoms. The SMILES string of the molecule is COC(=O)c1ccc(NC(=O)c2ccc(NC(=O)c3ccc(NC(=S)NCC(=O)Nc4ccc(-c5c6ccc(=O)cc-6oc6cc(O)ccc56)c(C(=O)O)c4)c(OCc4ccccc4)n3)c(OCCCNC(=O)OC(C)(C)C)n2)c(OCCCNC(=O)OC(C)(C)C)n1. The second-order valence-electron chi connectivity index (χ2n) is 22.3.